The maximum Gasteiger partial charge on any atom is 0.131 e. The van der Waals surface area contributed by atoms with E-state index in [0.29, 0.717) is 24.0 Å². The molecule has 0 radical (unpaired) electrons. The molecule has 0 fully saturated rings. The van der Waals surface area contributed by atoms with Crippen LogP contribution in [-0.2, 0) is 12.8 Å². The number of pyridine rings is 2. The van der Waals surface area contributed by atoms with Crippen molar-refractivity contribution in [1.29, 1.82) is 0 Å². The van der Waals surface area contributed by atoms with Crippen molar-refractivity contribution in [3.8, 4) is 45.5 Å². The number of aryl methyl sites for hydroxylation is 2. The number of benzene rings is 2. The monoisotopic (exact) mass is 587 g/mol. The third-order valence-corrected chi connectivity index (χ3v) is 6.71. The fourth-order valence-corrected chi connectivity index (χ4v) is 4.57. The van der Waals surface area contributed by atoms with Gasteiger partial charge in [-0.25, -0.2) is 9.97 Å². The normalized spacial score (nSPS) is 10.7. The number of nitrogens with zero attached hydrogens (tertiary/aromatic N) is 3. The van der Waals surface area contributed by atoms with Gasteiger partial charge in [0.15, 0.2) is 0 Å². The summed E-state index contributed by atoms with van der Waals surface area (Å²) < 4.78 is 16.9. The van der Waals surface area contributed by atoms with E-state index in [1.807, 2.05) is 50.5 Å². The molecule has 0 aliphatic heterocycles. The van der Waals surface area contributed by atoms with Gasteiger partial charge in [-0.3, -0.25) is 0 Å². The van der Waals surface area contributed by atoms with Crippen molar-refractivity contribution >= 4 is 11.6 Å². The largest absolute Gasteiger partial charge is 0.508 e. The molecule has 230 valence electrons. The number of aromatic nitrogens is 2. The molecule has 0 aliphatic carbocycles. The number of nitrogens with two attached hydrogens (primary N) is 2. The van der Waals surface area contributed by atoms with Gasteiger partial charge >= 0.3 is 0 Å². The van der Waals surface area contributed by atoms with Crippen LogP contribution in [0.5, 0.6) is 23.0 Å². The number of hydrogen-bond donors (Lipinski definition) is 3. The number of likely N-dealkylation sites (N-methyl/N-ethyl adjacent to an activating group) is 1. The number of ether oxygens (including phenoxy) is 3. The van der Waals surface area contributed by atoms with Gasteiger partial charge in [-0.05, 0) is 74.5 Å². The van der Waals surface area contributed by atoms with Crippen molar-refractivity contribution < 1.29 is 19.3 Å². The number of phenols is 1. The first-order chi connectivity index (χ1) is 20.7. The summed E-state index contributed by atoms with van der Waals surface area (Å²) in [6.07, 6.45) is 3.76. The molecule has 0 aliphatic rings. The lowest BCUT2D eigenvalue weighted by Gasteiger charge is -2.17. The zero-order valence-electron chi connectivity index (χ0n) is 26.2. The second-order valence-corrected chi connectivity index (χ2v) is 10.4. The van der Waals surface area contributed by atoms with Gasteiger partial charge in [0, 0.05) is 29.8 Å². The van der Waals surface area contributed by atoms with Crippen LogP contribution in [0.3, 0.4) is 0 Å². The summed E-state index contributed by atoms with van der Waals surface area (Å²) in [6.45, 7) is 5.74. The van der Waals surface area contributed by atoms with Gasteiger partial charge in [0.2, 0.25) is 0 Å². The third kappa shape index (κ3) is 9.24. The Bertz CT molecular complexity index is 1480. The molecule has 9 nitrogen and oxygen atoms in total. The fourth-order valence-electron chi connectivity index (χ4n) is 4.57. The lowest BCUT2D eigenvalue weighted by Crippen LogP contribution is -2.19. The molecule has 0 unspecified atom stereocenters. The van der Waals surface area contributed by atoms with Crippen LogP contribution in [-0.4, -0.2) is 61.4 Å². The Morgan fingerprint density at radius 2 is 1.23 bits per heavy atom. The van der Waals surface area contributed by atoms with E-state index < -0.39 is 0 Å². The van der Waals surface area contributed by atoms with Crippen LogP contribution in [0.2, 0.25) is 0 Å². The van der Waals surface area contributed by atoms with Crippen LogP contribution < -0.4 is 25.7 Å². The van der Waals surface area contributed by atoms with E-state index in [0.717, 1.165) is 77.4 Å². The van der Waals surface area contributed by atoms with Gasteiger partial charge in [-0.2, -0.15) is 0 Å². The van der Waals surface area contributed by atoms with Crippen molar-refractivity contribution in [2.75, 3.05) is 52.9 Å². The third-order valence-electron chi connectivity index (χ3n) is 6.71. The molecule has 0 saturated carbocycles. The summed E-state index contributed by atoms with van der Waals surface area (Å²) in [4.78, 5) is 10.8. The zero-order chi connectivity index (χ0) is 31.4. The number of anilines is 2. The van der Waals surface area contributed by atoms with Crippen LogP contribution in [0, 0.1) is 0 Å². The maximum absolute atomic E-state index is 9.95. The molecule has 2 aromatic heterocycles. The van der Waals surface area contributed by atoms with E-state index in [9.17, 15) is 5.11 Å². The van der Waals surface area contributed by atoms with E-state index in [-0.39, 0.29) is 5.75 Å². The predicted molar refractivity (Wildman–Crippen MR) is 175 cm³/mol. The minimum absolute atomic E-state index is 0.256. The lowest BCUT2D eigenvalue weighted by molar-refractivity contribution is 0.258. The summed E-state index contributed by atoms with van der Waals surface area (Å²) >= 11 is 0. The SMILES string of the molecule is CCCc1cc(-c2cccc(N)n2)c(OC)cc1O.CCCc1cc(-c2cccc(N)n2)c(OC)cc1OCCN(C)C. The van der Waals surface area contributed by atoms with Gasteiger partial charge in [-0.15, -0.1) is 0 Å². The number of nitrogen functional groups attached to an aromatic ring is 2. The van der Waals surface area contributed by atoms with Crippen LogP contribution in [0.15, 0.2) is 60.7 Å². The molecule has 2 heterocycles. The zero-order valence-corrected chi connectivity index (χ0v) is 26.2. The highest BCUT2D eigenvalue weighted by molar-refractivity contribution is 5.72. The first-order valence-electron chi connectivity index (χ1n) is 14.5. The molecular weight excluding hydrogens is 542 g/mol. The van der Waals surface area contributed by atoms with Gasteiger partial charge < -0.3 is 35.7 Å². The van der Waals surface area contributed by atoms with Gasteiger partial charge in [0.25, 0.3) is 0 Å². The van der Waals surface area contributed by atoms with E-state index in [4.69, 9.17) is 25.7 Å². The Kier molecular flexibility index (Phi) is 12.5. The second-order valence-electron chi connectivity index (χ2n) is 10.4. The molecule has 5 N–H and O–H groups in total. The van der Waals surface area contributed by atoms with E-state index in [1.54, 1.807) is 32.4 Å². The van der Waals surface area contributed by atoms with E-state index in [2.05, 4.69) is 34.8 Å². The molecule has 0 atom stereocenters. The van der Waals surface area contributed by atoms with Gasteiger partial charge in [0.05, 0.1) is 25.6 Å². The molecule has 2 aromatic carbocycles. The summed E-state index contributed by atoms with van der Waals surface area (Å²) in [7, 11) is 7.30. The van der Waals surface area contributed by atoms with Crippen molar-refractivity contribution in [2.45, 2.75) is 39.5 Å². The molecule has 9 heteroatoms. The topological polar surface area (TPSA) is 129 Å². The predicted octanol–water partition coefficient (Wildman–Crippen LogP) is 6.23. The molecule has 4 rings (SSSR count). The minimum Gasteiger partial charge on any atom is -0.508 e. The second kappa shape index (κ2) is 16.2. The van der Waals surface area contributed by atoms with Crippen LogP contribution in [0.25, 0.3) is 22.5 Å². The van der Waals surface area contributed by atoms with Crippen molar-refractivity contribution in [3.05, 3.63) is 71.8 Å². The van der Waals surface area contributed by atoms with E-state index in [1.165, 1.54) is 0 Å². The lowest BCUT2D eigenvalue weighted by atomic mass is 10.0. The smallest absolute Gasteiger partial charge is 0.131 e. The minimum atomic E-state index is 0.256. The highest BCUT2D eigenvalue weighted by atomic mass is 16.5. The molecule has 4 aromatic rings. The maximum atomic E-state index is 9.95. The molecule has 0 spiro atoms. The van der Waals surface area contributed by atoms with E-state index >= 15 is 0 Å². The molecule has 0 amide bonds. The average molecular weight is 588 g/mol. The molecular formula is C34H45N5O4. The molecule has 0 saturated heterocycles. The van der Waals surface area contributed by atoms with Gasteiger partial charge in [0.1, 0.15) is 41.2 Å². The Balaban J connectivity index is 0.000000242. The van der Waals surface area contributed by atoms with Crippen LogP contribution in [0.1, 0.15) is 37.8 Å². The Morgan fingerprint density at radius 1 is 0.721 bits per heavy atom. The van der Waals surface area contributed by atoms with Crippen molar-refractivity contribution in [1.82, 2.24) is 14.9 Å². The summed E-state index contributed by atoms with van der Waals surface area (Å²) in [5, 5.41) is 9.95. The average Bonchev–Trinajstić information content (AvgIpc) is 2.98. The van der Waals surface area contributed by atoms with Crippen LogP contribution >= 0.6 is 0 Å². The number of rotatable bonds is 12. The summed E-state index contributed by atoms with van der Waals surface area (Å²) in [5.74, 6) is 3.43. The number of phenolic OH excluding ortho intramolecular Hbond substituents is 1. The van der Waals surface area contributed by atoms with Crippen LogP contribution in [0.4, 0.5) is 11.6 Å². The van der Waals surface area contributed by atoms with Crippen molar-refractivity contribution in [3.63, 3.8) is 0 Å². The fraction of sp³-hybridized carbons (Fsp3) is 0.353. The first-order valence-corrected chi connectivity index (χ1v) is 14.5. The highest BCUT2D eigenvalue weighted by Gasteiger charge is 2.15. The first kappa shape index (κ1) is 33.0. The Hall–Kier alpha value is -4.50. The Morgan fingerprint density at radius 3 is 1.72 bits per heavy atom. The summed E-state index contributed by atoms with van der Waals surface area (Å²) in [5.41, 5.74) is 16.9. The number of aromatic hydroxyl groups is 1. The number of methoxy groups -OCH3 is 2. The quantitative estimate of drug-likeness (QED) is 0.177. The molecule has 43 heavy (non-hydrogen) atoms. The Labute approximate surface area is 255 Å². The summed E-state index contributed by atoms with van der Waals surface area (Å²) in [6, 6.07) is 18.7. The standard InChI is InChI=1S/C19H27N3O2.C15H18N2O2/c1-5-7-14-12-15(16-8-6-9-19(20)21-16)18(23-4)13-17(14)24-11-10-22(2)3;1-3-5-10-8-11(14(19-2)9-13(10)18)12-6-4-7-15(16)17-12/h6,8-9,12-13H,5,7,10-11H2,1-4H3,(H2,20,21);4,6-9,18H,3,5H2,1-2H3,(H2,16,17). The number of hydrogen-bond acceptors (Lipinski definition) is 9. The van der Waals surface area contributed by atoms with Gasteiger partial charge in [-0.1, -0.05) is 38.8 Å². The van der Waals surface area contributed by atoms with Crippen molar-refractivity contribution in [2.24, 2.45) is 0 Å². The molecule has 0 bridgehead atoms. The highest BCUT2D eigenvalue weighted by Crippen LogP contribution is 2.37.